The SMILES string of the molecule is CS(=O)(=O)Nc1ccc(Br)c(OCCF)c1. The van der Waals surface area contributed by atoms with Gasteiger partial charge < -0.3 is 4.74 Å². The van der Waals surface area contributed by atoms with Gasteiger partial charge in [-0.05, 0) is 28.1 Å². The van der Waals surface area contributed by atoms with Crippen molar-refractivity contribution in [2.24, 2.45) is 0 Å². The Morgan fingerprint density at radius 1 is 1.50 bits per heavy atom. The highest BCUT2D eigenvalue weighted by Gasteiger charge is 2.06. The molecule has 1 N–H and O–H groups in total. The van der Waals surface area contributed by atoms with Crippen LogP contribution in [0.25, 0.3) is 0 Å². The molecule has 0 aliphatic heterocycles. The topological polar surface area (TPSA) is 55.4 Å². The van der Waals surface area contributed by atoms with E-state index in [1.165, 1.54) is 6.07 Å². The summed E-state index contributed by atoms with van der Waals surface area (Å²) in [5.41, 5.74) is 0.375. The number of halogens is 2. The molecule has 4 nitrogen and oxygen atoms in total. The summed E-state index contributed by atoms with van der Waals surface area (Å²) in [6, 6.07) is 4.69. The van der Waals surface area contributed by atoms with Gasteiger partial charge in [0, 0.05) is 6.07 Å². The largest absolute Gasteiger partial charge is 0.490 e. The Balaban J connectivity index is 2.89. The van der Waals surface area contributed by atoms with E-state index in [-0.39, 0.29) is 6.61 Å². The second-order valence-corrected chi connectivity index (χ2v) is 5.66. The Morgan fingerprint density at radius 2 is 2.19 bits per heavy atom. The Bertz CT molecular complexity index is 464. The Kier molecular flexibility index (Phi) is 4.55. The maximum atomic E-state index is 11.9. The lowest BCUT2D eigenvalue weighted by Gasteiger charge is -2.09. The van der Waals surface area contributed by atoms with Crippen LogP contribution in [0.15, 0.2) is 22.7 Å². The molecule has 0 heterocycles. The van der Waals surface area contributed by atoms with E-state index < -0.39 is 16.7 Å². The molecule has 90 valence electrons. The van der Waals surface area contributed by atoms with E-state index in [9.17, 15) is 12.8 Å². The normalized spacial score (nSPS) is 11.2. The fraction of sp³-hybridized carbons (Fsp3) is 0.333. The predicted octanol–water partition coefficient (Wildman–Crippen LogP) is 2.17. The molecule has 0 aromatic heterocycles. The number of nitrogens with one attached hydrogen (secondary N) is 1. The molecule has 1 aromatic rings. The quantitative estimate of drug-likeness (QED) is 0.906. The third-order valence-electron chi connectivity index (χ3n) is 1.57. The molecule has 0 saturated carbocycles. The molecule has 7 heteroatoms. The summed E-state index contributed by atoms with van der Waals surface area (Å²) in [6.45, 7) is -0.670. The number of benzene rings is 1. The van der Waals surface area contributed by atoms with E-state index >= 15 is 0 Å². The summed E-state index contributed by atoms with van der Waals surface area (Å²) in [6.07, 6.45) is 1.05. The van der Waals surface area contributed by atoms with Crippen LogP contribution in [0.4, 0.5) is 10.1 Å². The summed E-state index contributed by atoms with van der Waals surface area (Å²) < 4.78 is 41.9. The average Bonchev–Trinajstić information content (AvgIpc) is 2.17. The Hall–Kier alpha value is -0.820. The van der Waals surface area contributed by atoms with Crippen LogP contribution in [0.5, 0.6) is 5.75 Å². The van der Waals surface area contributed by atoms with Gasteiger partial charge in [0.1, 0.15) is 19.0 Å². The van der Waals surface area contributed by atoms with Crippen molar-refractivity contribution < 1.29 is 17.5 Å². The third-order valence-corrected chi connectivity index (χ3v) is 2.83. The molecule has 1 aromatic carbocycles. The van der Waals surface area contributed by atoms with Gasteiger partial charge in [-0.3, -0.25) is 4.72 Å². The summed E-state index contributed by atoms with van der Waals surface area (Å²) in [7, 11) is -3.32. The van der Waals surface area contributed by atoms with Crippen LogP contribution in [0.2, 0.25) is 0 Å². The number of sulfonamides is 1. The number of alkyl halides is 1. The van der Waals surface area contributed by atoms with Crippen LogP contribution in [0.1, 0.15) is 0 Å². The monoisotopic (exact) mass is 311 g/mol. The maximum Gasteiger partial charge on any atom is 0.229 e. The van der Waals surface area contributed by atoms with Gasteiger partial charge in [0.05, 0.1) is 16.4 Å². The molecule has 0 aliphatic carbocycles. The Labute approximate surface area is 102 Å². The zero-order chi connectivity index (χ0) is 12.2. The molecular formula is C9H11BrFNO3S. The van der Waals surface area contributed by atoms with E-state index in [1.807, 2.05) is 0 Å². The van der Waals surface area contributed by atoms with Crippen LogP contribution >= 0.6 is 15.9 Å². The minimum atomic E-state index is -3.32. The minimum Gasteiger partial charge on any atom is -0.490 e. The lowest BCUT2D eigenvalue weighted by Crippen LogP contribution is -2.09. The third kappa shape index (κ3) is 4.36. The van der Waals surface area contributed by atoms with Gasteiger partial charge in [-0.1, -0.05) is 0 Å². The van der Waals surface area contributed by atoms with Crippen molar-refractivity contribution in [3.63, 3.8) is 0 Å². The highest BCUT2D eigenvalue weighted by Crippen LogP contribution is 2.28. The highest BCUT2D eigenvalue weighted by atomic mass is 79.9. The molecule has 0 fully saturated rings. The summed E-state index contributed by atoms with van der Waals surface area (Å²) in [4.78, 5) is 0. The standard InChI is InChI=1S/C9H11BrFNO3S/c1-16(13,14)12-7-2-3-8(10)9(6-7)15-5-4-11/h2-3,6,12H,4-5H2,1H3. The fourth-order valence-electron chi connectivity index (χ4n) is 1.04. The number of rotatable bonds is 5. The van der Waals surface area contributed by atoms with Crippen molar-refractivity contribution in [3.05, 3.63) is 22.7 Å². The van der Waals surface area contributed by atoms with Crippen LogP contribution in [0.3, 0.4) is 0 Å². The molecule has 0 aliphatic rings. The molecular weight excluding hydrogens is 301 g/mol. The average molecular weight is 312 g/mol. The lowest BCUT2D eigenvalue weighted by atomic mass is 10.3. The van der Waals surface area contributed by atoms with Crippen LogP contribution in [-0.4, -0.2) is 28.0 Å². The number of hydrogen-bond donors (Lipinski definition) is 1. The predicted molar refractivity (Wildman–Crippen MR) is 64.1 cm³/mol. The smallest absolute Gasteiger partial charge is 0.229 e. The van der Waals surface area contributed by atoms with Crippen LogP contribution < -0.4 is 9.46 Å². The highest BCUT2D eigenvalue weighted by molar-refractivity contribution is 9.10. The zero-order valence-corrected chi connectivity index (χ0v) is 10.9. The van der Waals surface area contributed by atoms with Gasteiger partial charge in [0.15, 0.2) is 0 Å². The van der Waals surface area contributed by atoms with Gasteiger partial charge in [0.2, 0.25) is 10.0 Å². The molecule has 0 bridgehead atoms. The van der Waals surface area contributed by atoms with E-state index in [0.717, 1.165) is 6.26 Å². The number of ether oxygens (including phenoxy) is 1. The van der Waals surface area contributed by atoms with Crippen molar-refractivity contribution in [2.75, 3.05) is 24.3 Å². The second-order valence-electron chi connectivity index (χ2n) is 3.06. The molecule has 0 atom stereocenters. The first-order valence-corrected chi connectivity index (χ1v) is 7.07. The molecule has 0 saturated heterocycles. The molecule has 0 unspecified atom stereocenters. The summed E-state index contributed by atoms with van der Waals surface area (Å²) in [5.74, 6) is 0.395. The minimum absolute atomic E-state index is 0.0685. The first-order chi connectivity index (χ1) is 7.42. The van der Waals surface area contributed by atoms with Gasteiger partial charge in [-0.15, -0.1) is 0 Å². The first-order valence-electron chi connectivity index (χ1n) is 4.38. The molecule has 0 amide bonds. The zero-order valence-electron chi connectivity index (χ0n) is 8.54. The number of anilines is 1. The Morgan fingerprint density at radius 3 is 2.75 bits per heavy atom. The lowest BCUT2D eigenvalue weighted by molar-refractivity contribution is 0.272. The van der Waals surface area contributed by atoms with Crippen molar-refractivity contribution in [1.29, 1.82) is 0 Å². The van der Waals surface area contributed by atoms with Crippen molar-refractivity contribution >= 4 is 31.6 Å². The molecule has 0 spiro atoms. The first kappa shape index (κ1) is 13.2. The fourth-order valence-corrected chi connectivity index (χ4v) is 1.96. The number of hydrogen-bond acceptors (Lipinski definition) is 3. The van der Waals surface area contributed by atoms with E-state index in [0.29, 0.717) is 15.9 Å². The van der Waals surface area contributed by atoms with E-state index in [1.54, 1.807) is 12.1 Å². The van der Waals surface area contributed by atoms with Crippen LogP contribution in [0, 0.1) is 0 Å². The van der Waals surface area contributed by atoms with Gasteiger partial charge >= 0.3 is 0 Å². The van der Waals surface area contributed by atoms with Gasteiger partial charge in [-0.2, -0.15) is 0 Å². The van der Waals surface area contributed by atoms with Crippen LogP contribution in [-0.2, 0) is 10.0 Å². The van der Waals surface area contributed by atoms with E-state index in [4.69, 9.17) is 4.74 Å². The molecule has 1 rings (SSSR count). The summed E-state index contributed by atoms with van der Waals surface area (Å²) >= 11 is 3.22. The molecule has 0 radical (unpaired) electrons. The van der Waals surface area contributed by atoms with Crippen molar-refractivity contribution in [1.82, 2.24) is 0 Å². The van der Waals surface area contributed by atoms with Crippen molar-refractivity contribution in [3.8, 4) is 5.75 Å². The maximum absolute atomic E-state index is 11.9. The van der Waals surface area contributed by atoms with E-state index in [2.05, 4.69) is 20.7 Å². The molecule has 16 heavy (non-hydrogen) atoms. The summed E-state index contributed by atoms with van der Waals surface area (Å²) in [5, 5.41) is 0. The van der Waals surface area contributed by atoms with Crippen molar-refractivity contribution in [2.45, 2.75) is 0 Å². The second kappa shape index (κ2) is 5.49. The van der Waals surface area contributed by atoms with Gasteiger partial charge in [-0.25, -0.2) is 12.8 Å². The van der Waals surface area contributed by atoms with Gasteiger partial charge in [0.25, 0.3) is 0 Å².